The number of rotatable bonds is 8. The molecule has 1 aromatic heterocycles. The summed E-state index contributed by atoms with van der Waals surface area (Å²) in [6.07, 6.45) is 0. The average molecular weight is 440 g/mol. The standard InChI is InChI=1S/C22H25N5O3S/c1-14-9-11-16(12-10-14)21(29)23-15(2)20-25-26-22(27(20)3)31-13-19(28)24-17-7-5-6-8-18(17)30-4/h5-12,15H,13H2,1-4H3,(H,23,29)(H,24,28)/t15-/m1/s1. The number of aryl methyl sites for hydroxylation is 1. The van der Waals surface area contributed by atoms with Gasteiger partial charge in [-0.25, -0.2) is 0 Å². The van der Waals surface area contributed by atoms with Crippen LogP contribution in [0.5, 0.6) is 5.75 Å². The Balaban J connectivity index is 1.58. The minimum atomic E-state index is -0.344. The highest BCUT2D eigenvalue weighted by Crippen LogP contribution is 2.24. The summed E-state index contributed by atoms with van der Waals surface area (Å²) < 4.78 is 7.02. The number of amides is 2. The molecule has 0 radical (unpaired) electrons. The second kappa shape index (κ2) is 10.1. The third-order valence-corrected chi connectivity index (χ3v) is 5.65. The van der Waals surface area contributed by atoms with Crippen LogP contribution in [0.25, 0.3) is 0 Å². The first-order valence-corrected chi connectivity index (χ1v) is 10.7. The van der Waals surface area contributed by atoms with Crippen LogP contribution >= 0.6 is 11.8 Å². The highest BCUT2D eigenvalue weighted by molar-refractivity contribution is 7.99. The van der Waals surface area contributed by atoms with Crippen LogP contribution in [0.4, 0.5) is 5.69 Å². The van der Waals surface area contributed by atoms with Gasteiger partial charge in [0, 0.05) is 12.6 Å². The van der Waals surface area contributed by atoms with Crippen LogP contribution in [0.2, 0.25) is 0 Å². The molecular formula is C22H25N5O3S. The number of benzene rings is 2. The summed E-state index contributed by atoms with van der Waals surface area (Å²) in [6.45, 7) is 3.82. The number of hydrogen-bond acceptors (Lipinski definition) is 6. The summed E-state index contributed by atoms with van der Waals surface area (Å²) >= 11 is 1.27. The van der Waals surface area contributed by atoms with Crippen molar-refractivity contribution in [1.82, 2.24) is 20.1 Å². The maximum absolute atomic E-state index is 12.5. The molecule has 1 heterocycles. The van der Waals surface area contributed by atoms with E-state index in [1.165, 1.54) is 11.8 Å². The van der Waals surface area contributed by atoms with Gasteiger partial charge in [-0.1, -0.05) is 41.6 Å². The Morgan fingerprint density at radius 1 is 1.13 bits per heavy atom. The Hall–Kier alpha value is -3.33. The third kappa shape index (κ3) is 5.64. The molecule has 2 amide bonds. The summed E-state index contributed by atoms with van der Waals surface area (Å²) in [5, 5.41) is 14.7. The van der Waals surface area contributed by atoms with Gasteiger partial charge < -0.3 is 19.9 Å². The monoisotopic (exact) mass is 439 g/mol. The highest BCUT2D eigenvalue weighted by Gasteiger charge is 2.19. The normalized spacial score (nSPS) is 11.6. The molecule has 8 nitrogen and oxygen atoms in total. The van der Waals surface area contributed by atoms with Crippen LogP contribution in [0.1, 0.15) is 34.7 Å². The van der Waals surface area contributed by atoms with Gasteiger partial charge in [-0.3, -0.25) is 9.59 Å². The van der Waals surface area contributed by atoms with Gasteiger partial charge in [0.1, 0.15) is 5.75 Å². The topological polar surface area (TPSA) is 98.1 Å². The van der Waals surface area contributed by atoms with Gasteiger partial charge in [-0.2, -0.15) is 0 Å². The number of carbonyl (C=O) groups excluding carboxylic acids is 2. The van der Waals surface area contributed by atoms with E-state index < -0.39 is 0 Å². The van der Waals surface area contributed by atoms with E-state index in [0.717, 1.165) is 5.56 Å². The molecule has 0 aliphatic heterocycles. The second-order valence-electron chi connectivity index (χ2n) is 7.00. The molecule has 9 heteroatoms. The Labute approximate surface area is 185 Å². The number of carbonyl (C=O) groups is 2. The number of aromatic nitrogens is 3. The number of hydrogen-bond donors (Lipinski definition) is 2. The van der Waals surface area contributed by atoms with E-state index in [9.17, 15) is 9.59 Å². The van der Waals surface area contributed by atoms with E-state index in [4.69, 9.17) is 4.74 Å². The smallest absolute Gasteiger partial charge is 0.251 e. The fraction of sp³-hybridized carbons (Fsp3) is 0.273. The predicted octanol–water partition coefficient (Wildman–Crippen LogP) is 3.35. The zero-order valence-corrected chi connectivity index (χ0v) is 18.7. The average Bonchev–Trinajstić information content (AvgIpc) is 3.13. The number of methoxy groups -OCH3 is 1. The SMILES string of the molecule is COc1ccccc1NC(=O)CSc1nnc([C@@H](C)NC(=O)c2ccc(C)cc2)n1C. The minimum absolute atomic E-state index is 0.161. The van der Waals surface area contributed by atoms with Crippen molar-refractivity contribution in [1.29, 1.82) is 0 Å². The molecule has 2 N–H and O–H groups in total. The van der Waals surface area contributed by atoms with Crippen molar-refractivity contribution in [3.05, 3.63) is 65.5 Å². The first-order chi connectivity index (χ1) is 14.9. The molecule has 0 bridgehead atoms. The van der Waals surface area contributed by atoms with Crippen molar-refractivity contribution < 1.29 is 14.3 Å². The molecule has 0 saturated carbocycles. The number of ether oxygens (including phenoxy) is 1. The zero-order valence-electron chi connectivity index (χ0n) is 17.9. The summed E-state index contributed by atoms with van der Waals surface area (Å²) in [6, 6.07) is 14.2. The van der Waals surface area contributed by atoms with Crippen LogP contribution in [0, 0.1) is 6.92 Å². The number of anilines is 1. The Morgan fingerprint density at radius 3 is 2.55 bits per heavy atom. The van der Waals surface area contributed by atoms with E-state index >= 15 is 0 Å². The van der Waals surface area contributed by atoms with E-state index in [0.29, 0.717) is 28.0 Å². The molecule has 3 aromatic rings. The second-order valence-corrected chi connectivity index (χ2v) is 7.94. The Morgan fingerprint density at radius 2 is 1.84 bits per heavy atom. The van der Waals surface area contributed by atoms with Gasteiger partial charge in [0.2, 0.25) is 5.91 Å². The summed E-state index contributed by atoms with van der Waals surface area (Å²) in [4.78, 5) is 24.8. The molecular weight excluding hydrogens is 414 g/mol. The number of para-hydroxylation sites is 2. The molecule has 2 aromatic carbocycles. The molecule has 1 atom stereocenters. The summed E-state index contributed by atoms with van der Waals surface area (Å²) in [5.74, 6) is 1.00. The van der Waals surface area contributed by atoms with Crippen molar-refractivity contribution in [3.63, 3.8) is 0 Å². The molecule has 0 fully saturated rings. The molecule has 0 spiro atoms. The van der Waals surface area contributed by atoms with Crippen LogP contribution in [-0.4, -0.2) is 39.4 Å². The lowest BCUT2D eigenvalue weighted by Crippen LogP contribution is -2.28. The quantitative estimate of drug-likeness (QED) is 0.523. The van der Waals surface area contributed by atoms with Gasteiger partial charge in [-0.15, -0.1) is 10.2 Å². The van der Waals surface area contributed by atoms with Gasteiger partial charge >= 0.3 is 0 Å². The van der Waals surface area contributed by atoms with E-state index in [-0.39, 0.29) is 23.6 Å². The van der Waals surface area contributed by atoms with Crippen molar-refractivity contribution >= 4 is 29.3 Å². The van der Waals surface area contributed by atoms with Gasteiger partial charge in [0.05, 0.1) is 24.6 Å². The maximum atomic E-state index is 12.5. The van der Waals surface area contributed by atoms with E-state index in [1.54, 1.807) is 35.9 Å². The van der Waals surface area contributed by atoms with E-state index in [2.05, 4.69) is 20.8 Å². The van der Waals surface area contributed by atoms with Crippen molar-refractivity contribution in [3.8, 4) is 5.75 Å². The van der Waals surface area contributed by atoms with Gasteiger partial charge in [-0.05, 0) is 38.1 Å². The lowest BCUT2D eigenvalue weighted by molar-refractivity contribution is -0.113. The van der Waals surface area contributed by atoms with Crippen LogP contribution in [0.3, 0.4) is 0 Å². The number of nitrogens with one attached hydrogen (secondary N) is 2. The number of nitrogens with zero attached hydrogens (tertiary/aromatic N) is 3. The third-order valence-electron chi connectivity index (χ3n) is 4.63. The van der Waals surface area contributed by atoms with E-state index in [1.807, 2.05) is 45.2 Å². The lowest BCUT2D eigenvalue weighted by Gasteiger charge is -2.14. The maximum Gasteiger partial charge on any atom is 0.251 e. The Bertz CT molecular complexity index is 1070. The molecule has 31 heavy (non-hydrogen) atoms. The van der Waals surface area contributed by atoms with Gasteiger partial charge in [0.15, 0.2) is 11.0 Å². The van der Waals surface area contributed by atoms with Crippen molar-refractivity contribution in [2.45, 2.75) is 25.0 Å². The van der Waals surface area contributed by atoms with Crippen molar-refractivity contribution in [2.24, 2.45) is 7.05 Å². The Kier molecular flexibility index (Phi) is 7.30. The molecule has 162 valence electrons. The van der Waals surface area contributed by atoms with Crippen molar-refractivity contribution in [2.75, 3.05) is 18.2 Å². The molecule has 0 unspecified atom stereocenters. The summed E-state index contributed by atoms with van der Waals surface area (Å²) in [7, 11) is 3.37. The first kappa shape index (κ1) is 22.4. The van der Waals surface area contributed by atoms with Crippen LogP contribution in [0.15, 0.2) is 53.7 Å². The fourth-order valence-electron chi connectivity index (χ4n) is 2.94. The largest absolute Gasteiger partial charge is 0.495 e. The molecule has 3 rings (SSSR count). The molecule has 0 aliphatic carbocycles. The van der Waals surface area contributed by atoms with Crippen LogP contribution in [-0.2, 0) is 11.8 Å². The molecule has 0 aliphatic rings. The number of thioether (sulfide) groups is 1. The first-order valence-electron chi connectivity index (χ1n) is 9.71. The highest BCUT2D eigenvalue weighted by atomic mass is 32.2. The zero-order chi connectivity index (χ0) is 22.4. The minimum Gasteiger partial charge on any atom is -0.495 e. The fourth-order valence-corrected chi connectivity index (χ4v) is 3.66. The predicted molar refractivity (Wildman–Crippen MR) is 120 cm³/mol. The summed E-state index contributed by atoms with van der Waals surface area (Å²) in [5.41, 5.74) is 2.29. The van der Waals surface area contributed by atoms with Gasteiger partial charge in [0.25, 0.3) is 5.91 Å². The van der Waals surface area contributed by atoms with Crippen LogP contribution < -0.4 is 15.4 Å². The molecule has 0 saturated heterocycles. The lowest BCUT2D eigenvalue weighted by atomic mass is 10.1.